The molecule has 0 spiro atoms. The van der Waals surface area contributed by atoms with Crippen LogP contribution in [0.4, 0.5) is 5.69 Å². The van der Waals surface area contributed by atoms with Gasteiger partial charge in [-0.1, -0.05) is 6.92 Å². The van der Waals surface area contributed by atoms with E-state index in [1.54, 1.807) is 0 Å². The molecular weight excluding hydrogens is 216 g/mol. The number of rotatable bonds is 5. The Balaban J connectivity index is 2.81. The molecule has 0 saturated heterocycles. The zero-order valence-electron chi connectivity index (χ0n) is 11.3. The second kappa shape index (κ2) is 5.82. The fourth-order valence-electron chi connectivity index (χ4n) is 1.77. The molecule has 0 fully saturated rings. The minimum absolute atomic E-state index is 0.0265. The van der Waals surface area contributed by atoms with Crippen molar-refractivity contribution in [2.75, 3.05) is 18.4 Å². The predicted molar refractivity (Wildman–Crippen MR) is 69.3 cm³/mol. The average Bonchev–Trinajstić information content (AvgIpc) is 2.54. The number of nitrogens with one attached hydrogen (secondary N) is 2. The van der Waals surface area contributed by atoms with Gasteiger partial charge in [0.25, 0.3) is 0 Å². The van der Waals surface area contributed by atoms with Crippen molar-refractivity contribution in [1.29, 1.82) is 0 Å². The molecule has 0 aliphatic carbocycles. The van der Waals surface area contributed by atoms with Crippen LogP contribution in [0, 0.1) is 13.8 Å². The maximum absolute atomic E-state index is 11.6. The highest BCUT2D eigenvalue weighted by Crippen LogP contribution is 2.22. The number of nitrogens with zero attached hydrogens (tertiary/aromatic N) is 2. The van der Waals surface area contributed by atoms with Crippen LogP contribution in [0.25, 0.3) is 0 Å². The molecule has 0 atom stereocenters. The van der Waals surface area contributed by atoms with E-state index in [2.05, 4.69) is 29.6 Å². The van der Waals surface area contributed by atoms with Gasteiger partial charge in [-0.15, -0.1) is 0 Å². The van der Waals surface area contributed by atoms with Crippen LogP contribution < -0.4 is 10.6 Å². The highest BCUT2D eigenvalue weighted by atomic mass is 16.1. The summed E-state index contributed by atoms with van der Waals surface area (Å²) in [5.74, 6) is -0.0265. The van der Waals surface area contributed by atoms with Crippen LogP contribution in [0.15, 0.2) is 0 Å². The predicted octanol–water partition coefficient (Wildman–Crippen LogP) is 1.63. The van der Waals surface area contributed by atoms with E-state index < -0.39 is 0 Å². The number of hydrogen-bond acceptors (Lipinski definition) is 3. The number of carbonyl (C=O) groups excluding carboxylic acids is 1. The SMILES string of the molecule is CCNCC(=O)Nc1c(C)nn(C(C)C)c1C. The third-order valence-corrected chi connectivity index (χ3v) is 2.61. The molecule has 1 heterocycles. The van der Waals surface area contributed by atoms with Crippen molar-refractivity contribution < 1.29 is 4.79 Å². The molecule has 0 aliphatic rings. The van der Waals surface area contributed by atoms with E-state index in [1.807, 2.05) is 25.5 Å². The first-order valence-corrected chi connectivity index (χ1v) is 6.03. The molecule has 1 rings (SSSR count). The summed E-state index contributed by atoms with van der Waals surface area (Å²) in [5.41, 5.74) is 2.70. The summed E-state index contributed by atoms with van der Waals surface area (Å²) in [6, 6.07) is 0.299. The lowest BCUT2D eigenvalue weighted by molar-refractivity contribution is -0.115. The maximum Gasteiger partial charge on any atom is 0.238 e. The highest BCUT2D eigenvalue weighted by molar-refractivity contribution is 5.93. The fourth-order valence-corrected chi connectivity index (χ4v) is 1.77. The molecule has 1 aromatic heterocycles. The van der Waals surface area contributed by atoms with Crippen LogP contribution in [0.1, 0.15) is 38.2 Å². The summed E-state index contributed by atoms with van der Waals surface area (Å²) >= 11 is 0. The van der Waals surface area contributed by atoms with Crippen molar-refractivity contribution in [3.63, 3.8) is 0 Å². The first-order chi connectivity index (χ1) is 7.97. The van der Waals surface area contributed by atoms with Crippen molar-refractivity contribution in [1.82, 2.24) is 15.1 Å². The van der Waals surface area contributed by atoms with Gasteiger partial charge in [0.15, 0.2) is 0 Å². The number of carbonyl (C=O) groups is 1. The Morgan fingerprint density at radius 2 is 2.06 bits per heavy atom. The zero-order valence-corrected chi connectivity index (χ0v) is 11.3. The van der Waals surface area contributed by atoms with E-state index in [4.69, 9.17) is 0 Å². The normalized spacial score (nSPS) is 10.9. The van der Waals surface area contributed by atoms with Crippen molar-refractivity contribution in [3.05, 3.63) is 11.4 Å². The molecule has 1 amide bonds. The Morgan fingerprint density at radius 1 is 1.41 bits per heavy atom. The molecule has 0 aromatic carbocycles. The molecule has 0 aliphatic heterocycles. The minimum Gasteiger partial charge on any atom is -0.322 e. The molecular formula is C12H22N4O. The second-order valence-electron chi connectivity index (χ2n) is 4.41. The first-order valence-electron chi connectivity index (χ1n) is 6.03. The van der Waals surface area contributed by atoms with E-state index in [-0.39, 0.29) is 5.91 Å². The molecule has 5 nitrogen and oxygen atoms in total. The van der Waals surface area contributed by atoms with Crippen molar-refractivity contribution in [3.8, 4) is 0 Å². The Morgan fingerprint density at radius 3 is 2.53 bits per heavy atom. The maximum atomic E-state index is 11.6. The van der Waals surface area contributed by atoms with Gasteiger partial charge in [-0.2, -0.15) is 5.10 Å². The zero-order chi connectivity index (χ0) is 13.0. The Hall–Kier alpha value is -1.36. The summed E-state index contributed by atoms with van der Waals surface area (Å²) in [5, 5.41) is 10.3. The summed E-state index contributed by atoms with van der Waals surface area (Å²) in [7, 11) is 0. The molecule has 0 saturated carbocycles. The standard InChI is InChI=1S/C12H22N4O/c1-6-13-7-11(17)14-12-9(4)15-16(8(2)3)10(12)5/h8,13H,6-7H2,1-5H3,(H,14,17). The Kier molecular flexibility index (Phi) is 4.69. The van der Waals surface area contributed by atoms with Gasteiger partial charge >= 0.3 is 0 Å². The van der Waals surface area contributed by atoms with Crippen LogP contribution in [0.2, 0.25) is 0 Å². The van der Waals surface area contributed by atoms with E-state index in [9.17, 15) is 4.79 Å². The lowest BCUT2D eigenvalue weighted by Gasteiger charge is -2.09. The van der Waals surface area contributed by atoms with E-state index >= 15 is 0 Å². The van der Waals surface area contributed by atoms with E-state index in [0.717, 1.165) is 23.6 Å². The smallest absolute Gasteiger partial charge is 0.238 e. The minimum atomic E-state index is -0.0265. The van der Waals surface area contributed by atoms with E-state index in [0.29, 0.717) is 12.6 Å². The summed E-state index contributed by atoms with van der Waals surface area (Å²) in [6.07, 6.45) is 0. The van der Waals surface area contributed by atoms with Crippen LogP contribution in [0.3, 0.4) is 0 Å². The molecule has 1 aromatic rings. The Bertz CT molecular complexity index is 395. The monoisotopic (exact) mass is 238 g/mol. The number of hydrogen-bond donors (Lipinski definition) is 2. The summed E-state index contributed by atoms with van der Waals surface area (Å²) in [4.78, 5) is 11.6. The summed E-state index contributed by atoms with van der Waals surface area (Å²) in [6.45, 7) is 11.1. The number of aryl methyl sites for hydroxylation is 1. The molecule has 17 heavy (non-hydrogen) atoms. The van der Waals surface area contributed by atoms with Gasteiger partial charge in [-0.25, -0.2) is 0 Å². The average molecular weight is 238 g/mol. The third-order valence-electron chi connectivity index (χ3n) is 2.61. The molecule has 5 heteroatoms. The lowest BCUT2D eigenvalue weighted by Crippen LogP contribution is -2.28. The van der Waals surface area contributed by atoms with Gasteiger partial charge in [0, 0.05) is 6.04 Å². The van der Waals surface area contributed by atoms with Crippen molar-refractivity contribution in [2.24, 2.45) is 0 Å². The number of aromatic nitrogens is 2. The molecule has 0 unspecified atom stereocenters. The molecule has 96 valence electrons. The largest absolute Gasteiger partial charge is 0.322 e. The van der Waals surface area contributed by atoms with Gasteiger partial charge in [0.05, 0.1) is 23.6 Å². The number of likely N-dealkylation sites (N-methyl/N-ethyl adjacent to an activating group) is 1. The number of anilines is 1. The van der Waals surface area contributed by atoms with Gasteiger partial charge in [-0.3, -0.25) is 9.48 Å². The lowest BCUT2D eigenvalue weighted by atomic mass is 10.3. The van der Waals surface area contributed by atoms with Gasteiger partial charge in [0.1, 0.15) is 0 Å². The summed E-state index contributed by atoms with van der Waals surface area (Å²) < 4.78 is 1.93. The second-order valence-corrected chi connectivity index (χ2v) is 4.41. The fraction of sp³-hybridized carbons (Fsp3) is 0.667. The van der Waals surface area contributed by atoms with Crippen LogP contribution in [-0.4, -0.2) is 28.8 Å². The van der Waals surface area contributed by atoms with Crippen LogP contribution in [-0.2, 0) is 4.79 Å². The molecule has 0 bridgehead atoms. The molecule has 2 N–H and O–H groups in total. The number of amides is 1. The van der Waals surface area contributed by atoms with Gasteiger partial charge in [0.2, 0.25) is 5.91 Å². The van der Waals surface area contributed by atoms with Crippen LogP contribution >= 0.6 is 0 Å². The van der Waals surface area contributed by atoms with Gasteiger partial charge < -0.3 is 10.6 Å². The highest BCUT2D eigenvalue weighted by Gasteiger charge is 2.15. The topological polar surface area (TPSA) is 59.0 Å². The quantitative estimate of drug-likeness (QED) is 0.819. The van der Waals surface area contributed by atoms with Crippen LogP contribution in [0.5, 0.6) is 0 Å². The molecule has 0 radical (unpaired) electrons. The Labute approximate surface area is 103 Å². The van der Waals surface area contributed by atoms with Gasteiger partial charge in [-0.05, 0) is 34.2 Å². The van der Waals surface area contributed by atoms with Crippen molar-refractivity contribution >= 4 is 11.6 Å². The third kappa shape index (κ3) is 3.30. The first kappa shape index (κ1) is 13.7. The van der Waals surface area contributed by atoms with Crippen molar-refractivity contribution in [2.45, 2.75) is 40.7 Å². The van der Waals surface area contributed by atoms with E-state index in [1.165, 1.54) is 0 Å².